The van der Waals surface area contributed by atoms with E-state index in [1.54, 1.807) is 11.3 Å². The van der Waals surface area contributed by atoms with Crippen molar-refractivity contribution in [2.24, 2.45) is 0 Å². The van der Waals surface area contributed by atoms with E-state index in [0.29, 0.717) is 6.42 Å². The normalized spacial score (nSPS) is 10.4. The van der Waals surface area contributed by atoms with Crippen LogP contribution in [-0.2, 0) is 11.2 Å². The topological polar surface area (TPSA) is 37.3 Å². The van der Waals surface area contributed by atoms with Gasteiger partial charge in [0.05, 0.1) is 0 Å². The Morgan fingerprint density at radius 1 is 1.29 bits per heavy atom. The Bertz CT molecular complexity index is 516. The van der Waals surface area contributed by atoms with E-state index in [9.17, 15) is 4.79 Å². The number of thiophene rings is 1. The first-order valence-electron chi connectivity index (χ1n) is 5.20. The summed E-state index contributed by atoms with van der Waals surface area (Å²) in [7, 11) is 0. The van der Waals surface area contributed by atoms with Crippen molar-refractivity contribution < 1.29 is 9.90 Å². The molecule has 88 valence electrons. The van der Waals surface area contributed by atoms with Gasteiger partial charge in [0.25, 0.3) is 0 Å². The number of aliphatic carboxylic acids is 1. The number of rotatable bonds is 4. The number of benzene rings is 1. The van der Waals surface area contributed by atoms with Crippen molar-refractivity contribution in [1.29, 1.82) is 0 Å². The van der Waals surface area contributed by atoms with E-state index < -0.39 is 5.97 Å². The Kier molecular flexibility index (Phi) is 3.82. The smallest absolute Gasteiger partial charge is 0.303 e. The average Bonchev–Trinajstić information content (AvgIpc) is 2.76. The third kappa shape index (κ3) is 3.32. The van der Waals surface area contributed by atoms with Crippen LogP contribution in [0.4, 0.5) is 0 Å². The van der Waals surface area contributed by atoms with E-state index >= 15 is 0 Å². The molecule has 0 aliphatic rings. The van der Waals surface area contributed by atoms with Crippen molar-refractivity contribution in [3.05, 3.63) is 46.3 Å². The molecule has 0 aliphatic heterocycles. The molecule has 2 rings (SSSR count). The molecule has 0 bridgehead atoms. The highest BCUT2D eigenvalue weighted by Crippen LogP contribution is 2.28. The molecule has 0 saturated carbocycles. The number of carboxylic acids is 1. The zero-order chi connectivity index (χ0) is 12.3. The fourth-order valence-electron chi connectivity index (χ4n) is 1.52. The lowest BCUT2D eigenvalue weighted by molar-refractivity contribution is -0.136. The Morgan fingerprint density at radius 3 is 2.65 bits per heavy atom. The van der Waals surface area contributed by atoms with Crippen LogP contribution in [0.25, 0.3) is 10.4 Å². The van der Waals surface area contributed by atoms with E-state index in [-0.39, 0.29) is 6.42 Å². The maximum absolute atomic E-state index is 10.5. The SMILES string of the molecule is O=C(O)CCc1csc(-c2ccc(Cl)cc2)c1. The number of hydrogen-bond donors (Lipinski definition) is 1. The van der Waals surface area contributed by atoms with Crippen molar-refractivity contribution in [2.45, 2.75) is 12.8 Å². The third-order valence-electron chi connectivity index (χ3n) is 2.41. The first kappa shape index (κ1) is 12.1. The van der Waals surface area contributed by atoms with Crippen LogP contribution >= 0.6 is 22.9 Å². The van der Waals surface area contributed by atoms with Crippen LogP contribution in [0.5, 0.6) is 0 Å². The molecule has 1 heterocycles. The molecule has 2 aromatic rings. The second kappa shape index (κ2) is 5.34. The van der Waals surface area contributed by atoms with Crippen molar-refractivity contribution in [1.82, 2.24) is 0 Å². The van der Waals surface area contributed by atoms with E-state index in [0.717, 1.165) is 21.0 Å². The molecule has 1 aromatic heterocycles. The Labute approximate surface area is 108 Å². The van der Waals surface area contributed by atoms with Crippen molar-refractivity contribution in [3.63, 3.8) is 0 Å². The second-order valence-electron chi connectivity index (χ2n) is 3.72. The summed E-state index contributed by atoms with van der Waals surface area (Å²) in [6, 6.07) is 9.68. The molecule has 4 heteroatoms. The second-order valence-corrected chi connectivity index (χ2v) is 5.07. The lowest BCUT2D eigenvalue weighted by atomic mass is 10.1. The maximum Gasteiger partial charge on any atom is 0.303 e. The number of halogens is 1. The van der Waals surface area contributed by atoms with Crippen LogP contribution in [0.1, 0.15) is 12.0 Å². The van der Waals surface area contributed by atoms with Gasteiger partial charge in [-0.05, 0) is 41.1 Å². The van der Waals surface area contributed by atoms with Gasteiger partial charge in [-0.2, -0.15) is 0 Å². The zero-order valence-corrected chi connectivity index (χ0v) is 10.6. The van der Waals surface area contributed by atoms with Gasteiger partial charge in [-0.15, -0.1) is 11.3 Å². The standard InChI is InChI=1S/C13H11ClO2S/c14-11-4-2-10(3-5-11)12-7-9(8-17-12)1-6-13(15)16/h2-5,7-8H,1,6H2,(H,15,16). The molecule has 17 heavy (non-hydrogen) atoms. The lowest BCUT2D eigenvalue weighted by Crippen LogP contribution is -1.95. The van der Waals surface area contributed by atoms with Crippen LogP contribution < -0.4 is 0 Å². The molecule has 0 aliphatic carbocycles. The number of carboxylic acid groups (broad SMARTS) is 1. The van der Waals surface area contributed by atoms with E-state index in [2.05, 4.69) is 0 Å². The van der Waals surface area contributed by atoms with E-state index in [4.69, 9.17) is 16.7 Å². The van der Waals surface area contributed by atoms with Gasteiger partial charge in [-0.1, -0.05) is 23.7 Å². The molecule has 0 saturated heterocycles. The van der Waals surface area contributed by atoms with Crippen LogP contribution in [0, 0.1) is 0 Å². The largest absolute Gasteiger partial charge is 0.481 e. The average molecular weight is 267 g/mol. The number of aryl methyl sites for hydroxylation is 1. The van der Waals surface area contributed by atoms with Crippen molar-refractivity contribution in [2.75, 3.05) is 0 Å². The number of carbonyl (C=O) groups is 1. The van der Waals surface area contributed by atoms with Crippen LogP contribution in [0.3, 0.4) is 0 Å². The minimum atomic E-state index is -0.760. The first-order valence-corrected chi connectivity index (χ1v) is 6.46. The minimum absolute atomic E-state index is 0.177. The summed E-state index contributed by atoms with van der Waals surface area (Å²) in [5.41, 5.74) is 2.18. The molecule has 0 fully saturated rings. The van der Waals surface area contributed by atoms with Crippen molar-refractivity contribution in [3.8, 4) is 10.4 Å². The van der Waals surface area contributed by atoms with Gasteiger partial charge in [-0.25, -0.2) is 0 Å². The third-order valence-corrected chi connectivity index (χ3v) is 3.69. The lowest BCUT2D eigenvalue weighted by Gasteiger charge is -1.96. The Balaban J connectivity index is 2.12. The zero-order valence-electron chi connectivity index (χ0n) is 9.02. The van der Waals surface area contributed by atoms with Gasteiger partial charge in [-0.3, -0.25) is 4.79 Å². The predicted octanol–water partition coefficient (Wildman–Crippen LogP) is 4.09. The van der Waals surface area contributed by atoms with Crippen molar-refractivity contribution >= 4 is 28.9 Å². The Hall–Kier alpha value is -1.32. The molecule has 0 amide bonds. The molecule has 2 nitrogen and oxygen atoms in total. The predicted molar refractivity (Wildman–Crippen MR) is 70.7 cm³/mol. The monoisotopic (exact) mass is 266 g/mol. The molecule has 1 N–H and O–H groups in total. The van der Waals surface area contributed by atoms with Gasteiger partial charge < -0.3 is 5.11 Å². The highest BCUT2D eigenvalue weighted by atomic mass is 35.5. The molecule has 0 atom stereocenters. The molecular weight excluding hydrogens is 256 g/mol. The van der Waals surface area contributed by atoms with Gasteiger partial charge in [0, 0.05) is 16.3 Å². The molecule has 0 unspecified atom stereocenters. The van der Waals surface area contributed by atoms with Gasteiger partial charge >= 0.3 is 5.97 Å². The van der Waals surface area contributed by atoms with Gasteiger partial charge in [0.1, 0.15) is 0 Å². The minimum Gasteiger partial charge on any atom is -0.481 e. The molecule has 0 spiro atoms. The van der Waals surface area contributed by atoms with Crippen LogP contribution in [0.15, 0.2) is 35.7 Å². The van der Waals surface area contributed by atoms with E-state index in [1.165, 1.54) is 0 Å². The highest BCUT2D eigenvalue weighted by Gasteiger charge is 2.04. The summed E-state index contributed by atoms with van der Waals surface area (Å²) in [6.45, 7) is 0. The maximum atomic E-state index is 10.5. The summed E-state index contributed by atoms with van der Waals surface area (Å²) in [5, 5.41) is 11.3. The Morgan fingerprint density at radius 2 is 2.00 bits per heavy atom. The van der Waals surface area contributed by atoms with Crippen LogP contribution in [0.2, 0.25) is 5.02 Å². The first-order chi connectivity index (χ1) is 8.15. The van der Waals surface area contributed by atoms with Crippen LogP contribution in [-0.4, -0.2) is 11.1 Å². The molecular formula is C13H11ClO2S. The summed E-state index contributed by atoms with van der Waals surface area (Å²) in [5.74, 6) is -0.760. The molecule has 1 aromatic carbocycles. The number of hydrogen-bond acceptors (Lipinski definition) is 2. The summed E-state index contributed by atoms with van der Waals surface area (Å²) >= 11 is 7.45. The summed E-state index contributed by atoms with van der Waals surface area (Å²) in [4.78, 5) is 11.6. The van der Waals surface area contributed by atoms with E-state index in [1.807, 2.05) is 35.7 Å². The summed E-state index contributed by atoms with van der Waals surface area (Å²) < 4.78 is 0. The molecule has 0 radical (unpaired) electrons. The van der Waals surface area contributed by atoms with Gasteiger partial charge in [0.2, 0.25) is 0 Å². The van der Waals surface area contributed by atoms with Gasteiger partial charge in [0.15, 0.2) is 0 Å². The summed E-state index contributed by atoms with van der Waals surface area (Å²) in [6.07, 6.45) is 0.760. The highest BCUT2D eigenvalue weighted by molar-refractivity contribution is 7.13. The fourth-order valence-corrected chi connectivity index (χ4v) is 2.61. The quantitative estimate of drug-likeness (QED) is 0.905. The fraction of sp³-hybridized carbons (Fsp3) is 0.154.